The van der Waals surface area contributed by atoms with E-state index in [1.165, 1.54) is 0 Å². The van der Waals surface area contributed by atoms with Crippen LogP contribution in [0.1, 0.15) is 30.3 Å². The zero-order chi connectivity index (χ0) is 13.7. The van der Waals surface area contributed by atoms with E-state index in [2.05, 4.69) is 9.88 Å². The lowest BCUT2D eigenvalue weighted by Crippen LogP contribution is -2.39. The van der Waals surface area contributed by atoms with Crippen LogP contribution in [0.15, 0.2) is 18.3 Å². The van der Waals surface area contributed by atoms with Crippen molar-refractivity contribution < 1.29 is 14.3 Å². The van der Waals surface area contributed by atoms with Crippen LogP contribution in [-0.2, 0) is 9.53 Å². The number of piperidine rings is 1. The Balaban J connectivity index is 2.03. The van der Waals surface area contributed by atoms with E-state index in [-0.39, 0.29) is 11.9 Å². The molecule has 102 valence electrons. The Morgan fingerprint density at radius 2 is 2.42 bits per heavy atom. The van der Waals surface area contributed by atoms with Gasteiger partial charge < -0.3 is 9.64 Å². The number of anilines is 1. The molecule has 2 rings (SSSR count). The Labute approximate surface area is 112 Å². The van der Waals surface area contributed by atoms with E-state index in [4.69, 9.17) is 4.74 Å². The van der Waals surface area contributed by atoms with Crippen LogP contribution in [0.5, 0.6) is 0 Å². The molecule has 1 atom stereocenters. The summed E-state index contributed by atoms with van der Waals surface area (Å²) in [5, 5.41) is 0. The van der Waals surface area contributed by atoms with Gasteiger partial charge in [0.05, 0.1) is 24.4 Å². The summed E-state index contributed by atoms with van der Waals surface area (Å²) in [4.78, 5) is 28.5. The molecule has 5 nitrogen and oxygen atoms in total. The molecule has 0 saturated carbocycles. The Morgan fingerprint density at radius 3 is 3.05 bits per heavy atom. The van der Waals surface area contributed by atoms with Crippen molar-refractivity contribution in [2.75, 3.05) is 24.6 Å². The predicted octanol–water partition coefficient (Wildman–Crippen LogP) is 1.67. The minimum absolute atomic E-state index is 0.0700. The number of nitrogens with zero attached hydrogens (tertiary/aromatic N) is 2. The third-order valence-electron chi connectivity index (χ3n) is 3.30. The quantitative estimate of drug-likeness (QED) is 0.610. The lowest BCUT2D eigenvalue weighted by molar-refractivity contribution is -0.148. The molecule has 19 heavy (non-hydrogen) atoms. The molecule has 0 N–H and O–H groups in total. The number of aromatic nitrogens is 1. The van der Waals surface area contributed by atoms with Crippen LogP contribution < -0.4 is 4.90 Å². The van der Waals surface area contributed by atoms with Gasteiger partial charge >= 0.3 is 5.97 Å². The van der Waals surface area contributed by atoms with Gasteiger partial charge in [-0.1, -0.05) is 0 Å². The Kier molecular flexibility index (Phi) is 4.49. The highest BCUT2D eigenvalue weighted by atomic mass is 16.5. The van der Waals surface area contributed by atoms with E-state index in [0.717, 1.165) is 31.4 Å². The Bertz CT molecular complexity index is 445. The van der Waals surface area contributed by atoms with Gasteiger partial charge in [0.25, 0.3) is 0 Å². The van der Waals surface area contributed by atoms with E-state index < -0.39 is 0 Å². The van der Waals surface area contributed by atoms with Gasteiger partial charge in [0.15, 0.2) is 6.29 Å². The van der Waals surface area contributed by atoms with Crippen LogP contribution in [0.3, 0.4) is 0 Å². The number of hydrogen-bond donors (Lipinski definition) is 0. The molecular formula is C14H18N2O3. The number of carbonyl (C=O) groups is 2. The van der Waals surface area contributed by atoms with Crippen LogP contribution in [0.2, 0.25) is 0 Å². The number of pyridine rings is 1. The second-order valence-corrected chi connectivity index (χ2v) is 4.60. The molecule has 1 aromatic rings. The molecule has 1 unspecified atom stereocenters. The SMILES string of the molecule is CCOC(=O)C1CCCN(c2ccc(C=O)nc2)C1. The van der Waals surface area contributed by atoms with Gasteiger partial charge in [0, 0.05) is 13.1 Å². The van der Waals surface area contributed by atoms with Crippen molar-refractivity contribution in [3.8, 4) is 0 Å². The smallest absolute Gasteiger partial charge is 0.310 e. The van der Waals surface area contributed by atoms with Gasteiger partial charge in [-0.2, -0.15) is 0 Å². The maximum atomic E-state index is 11.8. The molecule has 1 aliphatic heterocycles. The van der Waals surface area contributed by atoms with Crippen LogP contribution in [0.25, 0.3) is 0 Å². The highest BCUT2D eigenvalue weighted by Gasteiger charge is 2.27. The first-order valence-corrected chi connectivity index (χ1v) is 6.57. The van der Waals surface area contributed by atoms with Crippen LogP contribution >= 0.6 is 0 Å². The topological polar surface area (TPSA) is 59.5 Å². The third-order valence-corrected chi connectivity index (χ3v) is 3.30. The first-order valence-electron chi connectivity index (χ1n) is 6.57. The molecule has 1 saturated heterocycles. The lowest BCUT2D eigenvalue weighted by atomic mass is 9.98. The van der Waals surface area contributed by atoms with Gasteiger partial charge in [-0.3, -0.25) is 14.6 Å². The molecule has 1 aromatic heterocycles. The highest BCUT2D eigenvalue weighted by molar-refractivity contribution is 5.74. The minimum atomic E-state index is -0.121. The first kappa shape index (κ1) is 13.5. The zero-order valence-corrected chi connectivity index (χ0v) is 11.0. The maximum absolute atomic E-state index is 11.8. The molecule has 0 spiro atoms. The van der Waals surface area contributed by atoms with E-state index in [1.807, 2.05) is 13.0 Å². The lowest BCUT2D eigenvalue weighted by Gasteiger charge is -2.33. The number of aldehydes is 1. The summed E-state index contributed by atoms with van der Waals surface area (Å²) >= 11 is 0. The van der Waals surface area contributed by atoms with Gasteiger partial charge in [-0.05, 0) is 31.9 Å². The van der Waals surface area contributed by atoms with Crippen LogP contribution in [0, 0.1) is 5.92 Å². The summed E-state index contributed by atoms with van der Waals surface area (Å²) in [7, 11) is 0. The van der Waals surface area contributed by atoms with Crippen LogP contribution in [-0.4, -0.2) is 36.9 Å². The maximum Gasteiger partial charge on any atom is 0.310 e. The second kappa shape index (κ2) is 6.31. The average Bonchev–Trinajstić information content (AvgIpc) is 2.48. The fourth-order valence-corrected chi connectivity index (χ4v) is 2.32. The number of rotatable bonds is 4. The van der Waals surface area contributed by atoms with Crippen molar-refractivity contribution in [3.05, 3.63) is 24.0 Å². The molecule has 5 heteroatoms. The summed E-state index contributed by atoms with van der Waals surface area (Å²) < 4.78 is 5.07. The minimum Gasteiger partial charge on any atom is -0.466 e. The third kappa shape index (κ3) is 3.30. The van der Waals surface area contributed by atoms with E-state index in [1.54, 1.807) is 12.3 Å². The van der Waals surface area contributed by atoms with Crippen molar-refractivity contribution in [1.82, 2.24) is 4.98 Å². The van der Waals surface area contributed by atoms with Crippen molar-refractivity contribution in [2.45, 2.75) is 19.8 Å². The largest absolute Gasteiger partial charge is 0.466 e. The van der Waals surface area contributed by atoms with Gasteiger partial charge in [-0.25, -0.2) is 0 Å². The normalized spacial score (nSPS) is 19.0. The van der Waals surface area contributed by atoms with Gasteiger partial charge in [0.1, 0.15) is 5.69 Å². The summed E-state index contributed by atoms with van der Waals surface area (Å²) in [6.45, 7) is 3.80. The Morgan fingerprint density at radius 1 is 1.58 bits per heavy atom. The number of carbonyl (C=O) groups excluding carboxylic acids is 2. The summed E-state index contributed by atoms with van der Waals surface area (Å²) in [5.41, 5.74) is 1.36. The first-order chi connectivity index (χ1) is 9.24. The van der Waals surface area contributed by atoms with Crippen molar-refractivity contribution >= 4 is 17.9 Å². The zero-order valence-electron chi connectivity index (χ0n) is 11.0. The molecule has 0 amide bonds. The molecule has 2 heterocycles. The van der Waals surface area contributed by atoms with Crippen molar-refractivity contribution in [3.63, 3.8) is 0 Å². The van der Waals surface area contributed by atoms with E-state index in [0.29, 0.717) is 18.8 Å². The summed E-state index contributed by atoms with van der Waals surface area (Å²) in [6.07, 6.45) is 4.23. The molecule has 1 aliphatic rings. The Hall–Kier alpha value is -1.91. The van der Waals surface area contributed by atoms with E-state index >= 15 is 0 Å². The molecule has 0 aromatic carbocycles. The standard InChI is InChI=1S/C14H18N2O3/c1-2-19-14(18)11-4-3-7-16(9-11)13-6-5-12(10-17)15-8-13/h5-6,8,10-11H,2-4,7,9H2,1H3. The molecular weight excluding hydrogens is 244 g/mol. The van der Waals surface area contributed by atoms with Gasteiger partial charge in [-0.15, -0.1) is 0 Å². The fourth-order valence-electron chi connectivity index (χ4n) is 2.32. The predicted molar refractivity (Wildman–Crippen MR) is 71.2 cm³/mol. The van der Waals surface area contributed by atoms with Crippen LogP contribution in [0.4, 0.5) is 5.69 Å². The number of ether oxygens (including phenoxy) is 1. The summed E-state index contributed by atoms with van der Waals surface area (Å²) in [6, 6.07) is 3.56. The molecule has 0 bridgehead atoms. The summed E-state index contributed by atoms with van der Waals surface area (Å²) in [5.74, 6) is -0.191. The number of hydrogen-bond acceptors (Lipinski definition) is 5. The molecule has 1 fully saturated rings. The molecule has 0 aliphatic carbocycles. The van der Waals surface area contributed by atoms with Crippen molar-refractivity contribution in [1.29, 1.82) is 0 Å². The number of esters is 1. The van der Waals surface area contributed by atoms with Crippen molar-refractivity contribution in [2.24, 2.45) is 5.92 Å². The van der Waals surface area contributed by atoms with E-state index in [9.17, 15) is 9.59 Å². The second-order valence-electron chi connectivity index (χ2n) is 4.60. The fraction of sp³-hybridized carbons (Fsp3) is 0.500. The van der Waals surface area contributed by atoms with Gasteiger partial charge in [0.2, 0.25) is 0 Å². The molecule has 0 radical (unpaired) electrons. The monoisotopic (exact) mass is 262 g/mol. The average molecular weight is 262 g/mol. The highest BCUT2D eigenvalue weighted by Crippen LogP contribution is 2.23.